The number of aliphatic imine (C=N–C) groups is 1. The highest BCUT2D eigenvalue weighted by atomic mass is 32.2. The molecule has 2 fully saturated rings. The van der Waals surface area contributed by atoms with E-state index in [1.54, 1.807) is 0 Å². The molecular weight excluding hydrogens is 320 g/mol. The van der Waals surface area contributed by atoms with E-state index in [-0.39, 0.29) is 36.6 Å². The van der Waals surface area contributed by atoms with Crippen LogP contribution in [-0.4, -0.2) is 75.5 Å². The van der Waals surface area contributed by atoms with E-state index in [4.69, 9.17) is 15.2 Å². The molecule has 0 radical (unpaired) electrons. The second-order valence-corrected chi connectivity index (χ2v) is 8.27. The minimum Gasteiger partial charge on any atom is -0.376 e. The molecule has 0 aliphatic carbocycles. The highest BCUT2D eigenvalue weighted by Crippen LogP contribution is 2.14. The van der Waals surface area contributed by atoms with Crippen LogP contribution < -0.4 is 11.1 Å². The molecule has 0 saturated carbocycles. The number of sulfonamides is 1. The number of nitrogens with zero attached hydrogens (tertiary/aromatic N) is 2. The normalized spacial score (nSPS) is 30.5. The Morgan fingerprint density at radius 1 is 1.35 bits per heavy atom. The quantitative estimate of drug-likeness (QED) is 0.495. The van der Waals surface area contributed by atoms with Crippen LogP contribution in [0.5, 0.6) is 0 Å². The number of morpholine rings is 1. The van der Waals surface area contributed by atoms with Crippen LogP contribution in [0.4, 0.5) is 0 Å². The maximum absolute atomic E-state index is 12.4. The van der Waals surface area contributed by atoms with Gasteiger partial charge in [0.2, 0.25) is 10.0 Å². The molecule has 23 heavy (non-hydrogen) atoms. The number of guanidine groups is 1. The van der Waals surface area contributed by atoms with Crippen LogP contribution in [0, 0.1) is 0 Å². The summed E-state index contributed by atoms with van der Waals surface area (Å²) >= 11 is 0. The van der Waals surface area contributed by atoms with E-state index in [9.17, 15) is 8.42 Å². The lowest BCUT2D eigenvalue weighted by Gasteiger charge is -2.34. The lowest BCUT2D eigenvalue weighted by molar-refractivity contribution is -0.0440. The van der Waals surface area contributed by atoms with Crippen LogP contribution in [0.3, 0.4) is 0 Å². The van der Waals surface area contributed by atoms with E-state index in [1.807, 2.05) is 13.8 Å². The Labute approximate surface area is 138 Å². The SMILES string of the molecule is C[C@@H]1CN(S(=O)(=O)CCNC(N)=NC[C@H]2CCCO2)C[C@@H](C)O1. The number of nitrogens with two attached hydrogens (primary N) is 1. The van der Waals surface area contributed by atoms with Gasteiger partial charge in [-0.2, -0.15) is 4.31 Å². The molecule has 0 amide bonds. The smallest absolute Gasteiger partial charge is 0.216 e. The number of hydrogen-bond donors (Lipinski definition) is 2. The highest BCUT2D eigenvalue weighted by Gasteiger charge is 2.30. The molecule has 134 valence electrons. The van der Waals surface area contributed by atoms with Crippen LogP contribution in [0.15, 0.2) is 4.99 Å². The van der Waals surface area contributed by atoms with Crippen LogP contribution in [-0.2, 0) is 19.5 Å². The van der Waals surface area contributed by atoms with Crippen molar-refractivity contribution in [2.45, 2.75) is 45.0 Å². The zero-order chi connectivity index (χ0) is 16.9. The molecule has 3 atom stereocenters. The fourth-order valence-corrected chi connectivity index (χ4v) is 4.33. The van der Waals surface area contributed by atoms with Gasteiger partial charge in [0.1, 0.15) is 0 Å². The van der Waals surface area contributed by atoms with Crippen molar-refractivity contribution >= 4 is 16.0 Å². The average Bonchev–Trinajstić information content (AvgIpc) is 2.97. The number of ether oxygens (including phenoxy) is 2. The third kappa shape index (κ3) is 5.91. The molecule has 3 N–H and O–H groups in total. The fraction of sp³-hybridized carbons (Fsp3) is 0.929. The first kappa shape index (κ1) is 18.4. The first-order valence-electron chi connectivity index (χ1n) is 8.15. The summed E-state index contributed by atoms with van der Waals surface area (Å²) in [7, 11) is -3.32. The summed E-state index contributed by atoms with van der Waals surface area (Å²) in [6, 6.07) is 0. The third-order valence-electron chi connectivity index (χ3n) is 3.93. The summed E-state index contributed by atoms with van der Waals surface area (Å²) < 4.78 is 37.2. The highest BCUT2D eigenvalue weighted by molar-refractivity contribution is 7.89. The molecular formula is C14H28N4O4S. The van der Waals surface area contributed by atoms with Gasteiger partial charge in [-0.05, 0) is 26.7 Å². The maximum Gasteiger partial charge on any atom is 0.216 e. The van der Waals surface area contributed by atoms with Gasteiger partial charge in [0.15, 0.2) is 5.96 Å². The van der Waals surface area contributed by atoms with E-state index in [0.717, 1.165) is 19.4 Å². The Bertz CT molecular complexity index is 495. The number of rotatable bonds is 6. The van der Waals surface area contributed by atoms with Gasteiger partial charge >= 0.3 is 0 Å². The summed E-state index contributed by atoms with van der Waals surface area (Å²) in [4.78, 5) is 4.19. The third-order valence-corrected chi connectivity index (χ3v) is 5.74. The van der Waals surface area contributed by atoms with E-state index < -0.39 is 10.0 Å². The first-order chi connectivity index (χ1) is 10.9. The van der Waals surface area contributed by atoms with Crippen molar-refractivity contribution in [1.82, 2.24) is 9.62 Å². The molecule has 9 heteroatoms. The van der Waals surface area contributed by atoms with Crippen molar-refractivity contribution in [2.75, 3.05) is 38.5 Å². The van der Waals surface area contributed by atoms with Gasteiger partial charge in [0, 0.05) is 26.2 Å². The fourth-order valence-electron chi connectivity index (χ4n) is 2.84. The summed E-state index contributed by atoms with van der Waals surface area (Å²) in [5, 5.41) is 2.86. The molecule has 2 saturated heterocycles. The monoisotopic (exact) mass is 348 g/mol. The second-order valence-electron chi connectivity index (χ2n) is 6.18. The molecule has 0 bridgehead atoms. The average molecular weight is 348 g/mol. The molecule has 2 heterocycles. The van der Waals surface area contributed by atoms with Crippen molar-refractivity contribution in [3.8, 4) is 0 Å². The predicted molar refractivity (Wildman–Crippen MR) is 88.8 cm³/mol. The zero-order valence-electron chi connectivity index (χ0n) is 13.9. The Morgan fingerprint density at radius 3 is 2.65 bits per heavy atom. The minimum absolute atomic E-state index is 0.0113. The molecule has 2 aliphatic rings. The molecule has 0 aromatic heterocycles. The van der Waals surface area contributed by atoms with Crippen LogP contribution in [0.2, 0.25) is 0 Å². The summed E-state index contributed by atoms with van der Waals surface area (Å²) in [5.41, 5.74) is 5.76. The summed E-state index contributed by atoms with van der Waals surface area (Å²) in [5.74, 6) is 0.252. The van der Waals surface area contributed by atoms with Crippen LogP contribution in [0.25, 0.3) is 0 Å². The molecule has 2 aliphatic heterocycles. The van der Waals surface area contributed by atoms with E-state index in [1.165, 1.54) is 4.31 Å². The molecule has 0 unspecified atom stereocenters. The van der Waals surface area contributed by atoms with E-state index >= 15 is 0 Å². The summed E-state index contributed by atoms with van der Waals surface area (Å²) in [6.45, 7) is 6.10. The van der Waals surface area contributed by atoms with Crippen LogP contribution >= 0.6 is 0 Å². The van der Waals surface area contributed by atoms with Crippen molar-refractivity contribution in [1.29, 1.82) is 0 Å². The van der Waals surface area contributed by atoms with Gasteiger partial charge < -0.3 is 20.5 Å². The Morgan fingerprint density at radius 2 is 2.04 bits per heavy atom. The molecule has 0 aromatic rings. The van der Waals surface area contributed by atoms with Crippen LogP contribution in [0.1, 0.15) is 26.7 Å². The van der Waals surface area contributed by atoms with Gasteiger partial charge in [-0.3, -0.25) is 4.99 Å². The maximum atomic E-state index is 12.4. The van der Waals surface area contributed by atoms with Gasteiger partial charge in [-0.25, -0.2) is 8.42 Å². The summed E-state index contributed by atoms with van der Waals surface area (Å²) in [6.07, 6.45) is 2.02. The molecule has 0 aromatic carbocycles. The van der Waals surface area contributed by atoms with E-state index in [2.05, 4.69) is 10.3 Å². The first-order valence-corrected chi connectivity index (χ1v) is 9.76. The lowest BCUT2D eigenvalue weighted by atomic mass is 10.2. The Hall–Kier alpha value is -0.900. The molecule has 8 nitrogen and oxygen atoms in total. The Kier molecular flexibility index (Phi) is 6.63. The standard InChI is InChI=1S/C14H28N4O4S/c1-11-9-18(10-12(2)22-11)23(19,20)7-5-16-14(15)17-8-13-4-3-6-21-13/h11-13H,3-10H2,1-2H3,(H3,15,16,17)/t11-,12-,13-/m1/s1. The Balaban J connectivity index is 1.74. The molecule has 2 rings (SSSR count). The van der Waals surface area contributed by atoms with Gasteiger partial charge in [-0.1, -0.05) is 0 Å². The largest absolute Gasteiger partial charge is 0.376 e. The van der Waals surface area contributed by atoms with Gasteiger partial charge in [-0.15, -0.1) is 0 Å². The van der Waals surface area contributed by atoms with E-state index in [0.29, 0.717) is 19.6 Å². The van der Waals surface area contributed by atoms with Crippen molar-refractivity contribution in [3.05, 3.63) is 0 Å². The topological polar surface area (TPSA) is 106 Å². The van der Waals surface area contributed by atoms with Crippen molar-refractivity contribution in [2.24, 2.45) is 10.7 Å². The lowest BCUT2D eigenvalue weighted by Crippen LogP contribution is -2.50. The van der Waals surface area contributed by atoms with Gasteiger partial charge in [0.25, 0.3) is 0 Å². The number of nitrogens with one attached hydrogen (secondary N) is 1. The predicted octanol–water partition coefficient (Wildman–Crippen LogP) is -0.491. The van der Waals surface area contributed by atoms with Gasteiger partial charge in [0.05, 0.1) is 30.6 Å². The number of hydrogen-bond acceptors (Lipinski definition) is 5. The molecule has 0 spiro atoms. The van der Waals surface area contributed by atoms with Crippen molar-refractivity contribution < 1.29 is 17.9 Å². The van der Waals surface area contributed by atoms with Crippen molar-refractivity contribution in [3.63, 3.8) is 0 Å². The second kappa shape index (κ2) is 8.27. The zero-order valence-corrected chi connectivity index (χ0v) is 14.7. The minimum atomic E-state index is -3.32.